The van der Waals surface area contributed by atoms with E-state index >= 15 is 0 Å². The van der Waals surface area contributed by atoms with Gasteiger partial charge in [0.15, 0.2) is 0 Å². The Balaban J connectivity index is 2.54. The smallest absolute Gasteiger partial charge is 0.359 e. The predicted octanol–water partition coefficient (Wildman–Crippen LogP) is 2.59. The van der Waals surface area contributed by atoms with Gasteiger partial charge >= 0.3 is 5.97 Å². The van der Waals surface area contributed by atoms with Crippen LogP contribution in [0.25, 0.3) is 10.9 Å². The molecule has 0 spiro atoms. The summed E-state index contributed by atoms with van der Waals surface area (Å²) < 4.78 is 19.9. The third-order valence-electron chi connectivity index (χ3n) is 2.47. The molecule has 0 saturated heterocycles. The van der Waals surface area contributed by atoms with Gasteiger partial charge in [-0.2, -0.15) is 0 Å². The molecule has 0 saturated carbocycles. The minimum atomic E-state index is -2.08. The number of halogens is 1. The van der Waals surface area contributed by atoms with Crippen molar-refractivity contribution in [3.05, 3.63) is 30.5 Å². The number of hydrogen-bond acceptors (Lipinski definition) is 2. The minimum Gasteiger partial charge on any atom is -0.493 e. The van der Waals surface area contributed by atoms with Gasteiger partial charge in [-0.1, -0.05) is 6.07 Å². The number of carbonyl (C=O) groups is 1. The van der Waals surface area contributed by atoms with Crippen molar-refractivity contribution < 1.29 is 19.0 Å². The van der Waals surface area contributed by atoms with E-state index in [9.17, 15) is 9.18 Å². The lowest BCUT2D eigenvalue weighted by Gasteiger charge is -2.08. The molecule has 17 heavy (non-hydrogen) atoms. The highest BCUT2D eigenvalue weighted by molar-refractivity contribution is 5.87. The first-order chi connectivity index (χ1) is 8.15. The second-order valence-electron chi connectivity index (χ2n) is 3.52. The summed E-state index contributed by atoms with van der Waals surface area (Å²) in [5.41, 5.74) is 0.505. The maximum Gasteiger partial charge on any atom is 0.359 e. The van der Waals surface area contributed by atoms with Crippen molar-refractivity contribution in [2.75, 3.05) is 6.61 Å². The fraction of sp³-hybridized carbons (Fsp3) is 0.250. The molecule has 0 aliphatic rings. The predicted molar refractivity (Wildman–Crippen MR) is 60.9 cm³/mol. The van der Waals surface area contributed by atoms with E-state index in [4.69, 9.17) is 9.84 Å². The van der Waals surface area contributed by atoms with Gasteiger partial charge in [0.25, 0.3) is 6.30 Å². The SMILES string of the molecule is CCOc1cccc2c1ccn2C(F)C(=O)O. The lowest BCUT2D eigenvalue weighted by molar-refractivity contribution is -0.146. The third-order valence-corrected chi connectivity index (χ3v) is 2.47. The Bertz CT molecular complexity index is 550. The van der Waals surface area contributed by atoms with Crippen LogP contribution in [-0.4, -0.2) is 22.2 Å². The Hall–Kier alpha value is -2.04. The van der Waals surface area contributed by atoms with Gasteiger partial charge in [0.05, 0.1) is 12.1 Å². The van der Waals surface area contributed by atoms with Crippen LogP contribution >= 0.6 is 0 Å². The fourth-order valence-electron chi connectivity index (χ4n) is 1.76. The van der Waals surface area contributed by atoms with E-state index in [0.29, 0.717) is 23.3 Å². The molecule has 90 valence electrons. The number of fused-ring (bicyclic) bond motifs is 1. The van der Waals surface area contributed by atoms with Gasteiger partial charge in [0, 0.05) is 11.6 Å². The van der Waals surface area contributed by atoms with Gasteiger partial charge in [-0.3, -0.25) is 0 Å². The van der Waals surface area contributed by atoms with Crippen LogP contribution in [0.3, 0.4) is 0 Å². The number of carboxylic acids is 1. The average molecular weight is 237 g/mol. The highest BCUT2D eigenvalue weighted by Crippen LogP contribution is 2.29. The molecule has 4 nitrogen and oxygen atoms in total. The van der Waals surface area contributed by atoms with E-state index in [0.717, 1.165) is 4.57 Å². The van der Waals surface area contributed by atoms with Crippen molar-refractivity contribution in [3.63, 3.8) is 0 Å². The number of nitrogens with zero attached hydrogens (tertiary/aromatic N) is 1. The summed E-state index contributed by atoms with van der Waals surface area (Å²) in [7, 11) is 0. The molecule has 2 rings (SSSR count). The Labute approximate surface area is 97.2 Å². The van der Waals surface area contributed by atoms with Gasteiger partial charge in [0.2, 0.25) is 0 Å². The lowest BCUT2D eigenvalue weighted by atomic mass is 10.2. The zero-order valence-corrected chi connectivity index (χ0v) is 9.26. The quantitative estimate of drug-likeness (QED) is 0.889. The van der Waals surface area contributed by atoms with Gasteiger partial charge in [0.1, 0.15) is 5.75 Å². The summed E-state index contributed by atoms with van der Waals surface area (Å²) >= 11 is 0. The molecular weight excluding hydrogens is 225 g/mol. The standard InChI is InChI=1S/C12H12FNO3/c1-2-17-10-5-3-4-9-8(10)6-7-14(9)11(13)12(15)16/h3-7,11H,2H2,1H3,(H,15,16). The maximum atomic E-state index is 13.5. The first kappa shape index (κ1) is 11.4. The molecule has 1 aromatic carbocycles. The highest BCUT2D eigenvalue weighted by atomic mass is 19.1. The number of aromatic nitrogens is 1. The summed E-state index contributed by atoms with van der Waals surface area (Å²) in [6.07, 6.45) is -0.671. The molecule has 5 heteroatoms. The van der Waals surface area contributed by atoms with E-state index in [1.54, 1.807) is 24.3 Å². The van der Waals surface area contributed by atoms with Crippen LogP contribution < -0.4 is 4.74 Å². The van der Waals surface area contributed by atoms with Crippen LogP contribution in [0.1, 0.15) is 13.2 Å². The molecule has 2 aromatic rings. The van der Waals surface area contributed by atoms with E-state index in [-0.39, 0.29) is 0 Å². The Morgan fingerprint density at radius 3 is 2.94 bits per heavy atom. The van der Waals surface area contributed by atoms with E-state index in [1.807, 2.05) is 6.92 Å². The molecule has 0 amide bonds. The topological polar surface area (TPSA) is 51.5 Å². The summed E-state index contributed by atoms with van der Waals surface area (Å²) in [6, 6.07) is 6.78. The van der Waals surface area contributed by atoms with Gasteiger partial charge in [-0.05, 0) is 25.1 Å². The molecule has 0 bridgehead atoms. The Morgan fingerprint density at radius 1 is 1.53 bits per heavy atom. The zero-order chi connectivity index (χ0) is 12.4. The summed E-state index contributed by atoms with van der Waals surface area (Å²) in [5, 5.41) is 9.37. The average Bonchev–Trinajstić information content (AvgIpc) is 2.73. The summed E-state index contributed by atoms with van der Waals surface area (Å²) in [6.45, 7) is 2.35. The van der Waals surface area contributed by atoms with Gasteiger partial charge < -0.3 is 14.4 Å². The van der Waals surface area contributed by atoms with Crippen LogP contribution in [0.5, 0.6) is 5.75 Å². The zero-order valence-electron chi connectivity index (χ0n) is 9.26. The van der Waals surface area contributed by atoms with E-state index in [2.05, 4.69) is 0 Å². The number of ether oxygens (including phenoxy) is 1. The second-order valence-corrected chi connectivity index (χ2v) is 3.52. The third kappa shape index (κ3) is 1.95. The van der Waals surface area contributed by atoms with Crippen molar-refractivity contribution in [3.8, 4) is 5.75 Å². The highest BCUT2D eigenvalue weighted by Gasteiger charge is 2.20. The lowest BCUT2D eigenvalue weighted by Crippen LogP contribution is -2.12. The van der Waals surface area contributed by atoms with Crippen LogP contribution in [-0.2, 0) is 4.79 Å². The summed E-state index contributed by atoms with van der Waals surface area (Å²) in [5.74, 6) is -0.884. The van der Waals surface area contributed by atoms with Crippen LogP contribution in [0.15, 0.2) is 30.5 Å². The van der Waals surface area contributed by atoms with Crippen molar-refractivity contribution in [1.29, 1.82) is 0 Å². The number of benzene rings is 1. The van der Waals surface area contributed by atoms with Gasteiger partial charge in [-0.15, -0.1) is 0 Å². The molecule has 1 unspecified atom stereocenters. The molecule has 1 atom stereocenters. The number of carboxylic acid groups (broad SMARTS) is 1. The molecular formula is C12H12FNO3. The van der Waals surface area contributed by atoms with Crippen LogP contribution in [0.4, 0.5) is 4.39 Å². The largest absolute Gasteiger partial charge is 0.493 e. The monoisotopic (exact) mass is 237 g/mol. The van der Waals surface area contributed by atoms with Crippen LogP contribution in [0, 0.1) is 0 Å². The number of aliphatic carboxylic acids is 1. The first-order valence-corrected chi connectivity index (χ1v) is 5.24. The first-order valence-electron chi connectivity index (χ1n) is 5.24. The molecule has 0 aliphatic heterocycles. The van der Waals surface area contributed by atoms with E-state index in [1.165, 1.54) is 6.20 Å². The van der Waals surface area contributed by atoms with Crippen molar-refractivity contribution >= 4 is 16.9 Å². The molecule has 1 aromatic heterocycles. The maximum absolute atomic E-state index is 13.5. The van der Waals surface area contributed by atoms with Gasteiger partial charge in [-0.25, -0.2) is 9.18 Å². The minimum absolute atomic E-state index is 0.502. The Kier molecular flexibility index (Phi) is 2.99. The summed E-state index contributed by atoms with van der Waals surface area (Å²) in [4.78, 5) is 10.6. The van der Waals surface area contributed by atoms with E-state index < -0.39 is 12.3 Å². The van der Waals surface area contributed by atoms with Crippen molar-refractivity contribution in [1.82, 2.24) is 4.57 Å². The Morgan fingerprint density at radius 2 is 2.29 bits per heavy atom. The van der Waals surface area contributed by atoms with Crippen molar-refractivity contribution in [2.24, 2.45) is 0 Å². The van der Waals surface area contributed by atoms with Crippen molar-refractivity contribution in [2.45, 2.75) is 13.2 Å². The number of hydrogen-bond donors (Lipinski definition) is 1. The molecule has 0 aliphatic carbocycles. The number of alkyl halides is 1. The fourth-order valence-corrected chi connectivity index (χ4v) is 1.76. The molecule has 1 N–H and O–H groups in total. The normalized spacial score (nSPS) is 12.6. The second kappa shape index (κ2) is 4.45. The number of rotatable bonds is 4. The molecule has 0 radical (unpaired) electrons. The molecule has 0 fully saturated rings. The molecule has 1 heterocycles. The van der Waals surface area contributed by atoms with Crippen LogP contribution in [0.2, 0.25) is 0 Å².